The van der Waals surface area contributed by atoms with Gasteiger partial charge in [-0.2, -0.15) is 0 Å². The highest BCUT2D eigenvalue weighted by Crippen LogP contribution is 2.45. The van der Waals surface area contributed by atoms with Crippen LogP contribution in [0, 0.1) is 5.92 Å². The second-order valence-electron chi connectivity index (χ2n) is 5.24. The third-order valence-electron chi connectivity index (χ3n) is 4.29. The number of hydrogen-bond donors (Lipinski definition) is 1. The monoisotopic (exact) mass is 251 g/mol. The molecule has 1 nitrogen and oxygen atoms in total. The van der Waals surface area contributed by atoms with E-state index in [0.29, 0.717) is 5.41 Å². The summed E-state index contributed by atoms with van der Waals surface area (Å²) in [6.45, 7) is 6.66. The Morgan fingerprint density at radius 2 is 2.29 bits per heavy atom. The fraction of sp³-hybridized carbons (Fsp3) is 0.600. The minimum Gasteiger partial charge on any atom is -0.316 e. The fourth-order valence-corrected chi connectivity index (χ4v) is 3.38. The van der Waals surface area contributed by atoms with E-state index >= 15 is 0 Å². The Hall–Kier alpha value is -0.530. The first-order valence-electron chi connectivity index (χ1n) is 6.66. The highest BCUT2D eigenvalue weighted by molar-refractivity contribution is 6.30. The van der Waals surface area contributed by atoms with E-state index in [0.717, 1.165) is 24.0 Å². The third-order valence-corrected chi connectivity index (χ3v) is 4.53. The summed E-state index contributed by atoms with van der Waals surface area (Å²) in [5.74, 6) is 0.736. The summed E-state index contributed by atoms with van der Waals surface area (Å²) in [6.07, 6.45) is 3.94. The lowest BCUT2D eigenvalue weighted by Crippen LogP contribution is -2.40. The van der Waals surface area contributed by atoms with Gasteiger partial charge in [0, 0.05) is 17.0 Å². The molecule has 0 amide bonds. The van der Waals surface area contributed by atoms with Gasteiger partial charge in [0.15, 0.2) is 0 Å². The van der Waals surface area contributed by atoms with Crippen molar-refractivity contribution >= 4 is 11.6 Å². The molecule has 1 N–H and O–H groups in total. The molecule has 0 bridgehead atoms. The first-order valence-corrected chi connectivity index (χ1v) is 7.03. The van der Waals surface area contributed by atoms with E-state index in [1.165, 1.54) is 24.8 Å². The lowest BCUT2D eigenvalue weighted by molar-refractivity contribution is 0.320. The average Bonchev–Trinajstić information content (AvgIpc) is 2.69. The molecule has 1 saturated carbocycles. The van der Waals surface area contributed by atoms with Crippen molar-refractivity contribution in [3.8, 4) is 0 Å². The molecule has 1 aromatic carbocycles. The van der Waals surface area contributed by atoms with E-state index in [1.54, 1.807) is 0 Å². The van der Waals surface area contributed by atoms with Crippen LogP contribution in [0.3, 0.4) is 0 Å². The van der Waals surface area contributed by atoms with E-state index in [2.05, 4.69) is 37.4 Å². The predicted octanol–water partition coefficient (Wildman–Crippen LogP) is 4.01. The van der Waals surface area contributed by atoms with Gasteiger partial charge in [0.1, 0.15) is 0 Å². The minimum absolute atomic E-state index is 0.293. The van der Waals surface area contributed by atoms with Gasteiger partial charge in [0.25, 0.3) is 0 Å². The number of nitrogens with one attached hydrogen (secondary N) is 1. The van der Waals surface area contributed by atoms with Crippen LogP contribution in [0.15, 0.2) is 24.3 Å². The largest absolute Gasteiger partial charge is 0.316 e. The van der Waals surface area contributed by atoms with Crippen LogP contribution in [0.5, 0.6) is 0 Å². The molecule has 0 aromatic heterocycles. The molecule has 1 aliphatic carbocycles. The minimum atomic E-state index is 0.293. The topological polar surface area (TPSA) is 12.0 Å². The summed E-state index contributed by atoms with van der Waals surface area (Å²) in [5, 5.41) is 4.40. The fourth-order valence-electron chi connectivity index (χ4n) is 3.19. The Morgan fingerprint density at radius 1 is 1.47 bits per heavy atom. The van der Waals surface area contributed by atoms with E-state index in [4.69, 9.17) is 11.6 Å². The number of likely N-dealkylation sites (N-methyl/N-ethyl adjacent to an activating group) is 1. The molecule has 0 saturated heterocycles. The van der Waals surface area contributed by atoms with Crippen molar-refractivity contribution in [2.24, 2.45) is 5.92 Å². The molecule has 0 radical (unpaired) electrons. The van der Waals surface area contributed by atoms with Crippen molar-refractivity contribution in [3.63, 3.8) is 0 Å². The van der Waals surface area contributed by atoms with Crippen molar-refractivity contribution in [2.75, 3.05) is 13.1 Å². The van der Waals surface area contributed by atoms with Gasteiger partial charge in [-0.05, 0) is 43.0 Å². The summed E-state index contributed by atoms with van der Waals surface area (Å²) >= 11 is 6.15. The van der Waals surface area contributed by atoms with E-state index in [1.807, 2.05) is 6.07 Å². The molecular formula is C15H22ClN. The van der Waals surface area contributed by atoms with Crippen LogP contribution in [0.1, 0.15) is 38.7 Å². The quantitative estimate of drug-likeness (QED) is 0.853. The molecule has 1 aromatic rings. The zero-order valence-corrected chi connectivity index (χ0v) is 11.6. The van der Waals surface area contributed by atoms with Crippen LogP contribution in [0.4, 0.5) is 0 Å². The molecule has 0 aliphatic heterocycles. The van der Waals surface area contributed by atoms with Crippen LogP contribution in [-0.2, 0) is 5.41 Å². The number of hydrogen-bond acceptors (Lipinski definition) is 1. The standard InChI is InChI=1S/C15H22ClN/c1-3-17-11-15(9-5-6-12(15)2)13-7-4-8-14(16)10-13/h4,7-8,10,12,17H,3,5-6,9,11H2,1-2H3. The second kappa shape index (κ2) is 5.41. The Kier molecular flexibility index (Phi) is 4.11. The molecule has 0 spiro atoms. The van der Waals surface area contributed by atoms with Gasteiger partial charge in [-0.25, -0.2) is 0 Å². The Balaban J connectivity index is 2.32. The lowest BCUT2D eigenvalue weighted by Gasteiger charge is -2.35. The van der Waals surface area contributed by atoms with Gasteiger partial charge >= 0.3 is 0 Å². The molecule has 2 unspecified atom stereocenters. The summed E-state index contributed by atoms with van der Waals surface area (Å²) in [4.78, 5) is 0. The van der Waals surface area contributed by atoms with Crippen LogP contribution < -0.4 is 5.32 Å². The second-order valence-corrected chi connectivity index (χ2v) is 5.68. The van der Waals surface area contributed by atoms with E-state index < -0.39 is 0 Å². The van der Waals surface area contributed by atoms with Crippen LogP contribution in [0.2, 0.25) is 5.02 Å². The maximum Gasteiger partial charge on any atom is 0.0408 e. The zero-order chi connectivity index (χ0) is 12.3. The van der Waals surface area contributed by atoms with E-state index in [-0.39, 0.29) is 0 Å². The van der Waals surface area contributed by atoms with Gasteiger partial charge in [-0.1, -0.05) is 44.0 Å². The maximum atomic E-state index is 6.15. The van der Waals surface area contributed by atoms with Crippen molar-refractivity contribution < 1.29 is 0 Å². The van der Waals surface area contributed by atoms with Crippen molar-refractivity contribution in [3.05, 3.63) is 34.9 Å². The Labute approximate surface area is 110 Å². The number of rotatable bonds is 4. The van der Waals surface area contributed by atoms with Gasteiger partial charge < -0.3 is 5.32 Å². The summed E-state index contributed by atoms with van der Waals surface area (Å²) in [7, 11) is 0. The molecule has 2 heteroatoms. The van der Waals surface area contributed by atoms with Crippen LogP contribution in [0.25, 0.3) is 0 Å². The smallest absolute Gasteiger partial charge is 0.0408 e. The molecule has 0 heterocycles. The SMILES string of the molecule is CCNCC1(c2cccc(Cl)c2)CCCC1C. The van der Waals surface area contributed by atoms with Crippen LogP contribution in [-0.4, -0.2) is 13.1 Å². The number of halogens is 1. The average molecular weight is 252 g/mol. The molecule has 1 fully saturated rings. The Bertz CT molecular complexity index is 377. The maximum absolute atomic E-state index is 6.15. The van der Waals surface area contributed by atoms with Gasteiger partial charge in [-0.3, -0.25) is 0 Å². The summed E-state index contributed by atoms with van der Waals surface area (Å²) in [6, 6.07) is 8.44. The summed E-state index contributed by atoms with van der Waals surface area (Å²) < 4.78 is 0. The molecule has 94 valence electrons. The van der Waals surface area contributed by atoms with Crippen molar-refractivity contribution in [2.45, 2.75) is 38.5 Å². The first-order chi connectivity index (χ1) is 8.19. The van der Waals surface area contributed by atoms with E-state index in [9.17, 15) is 0 Å². The molecular weight excluding hydrogens is 230 g/mol. The molecule has 17 heavy (non-hydrogen) atoms. The van der Waals surface area contributed by atoms with Gasteiger partial charge in [0.05, 0.1) is 0 Å². The summed E-state index contributed by atoms with van der Waals surface area (Å²) in [5.41, 5.74) is 1.71. The zero-order valence-electron chi connectivity index (χ0n) is 10.8. The van der Waals surface area contributed by atoms with Crippen molar-refractivity contribution in [1.82, 2.24) is 5.32 Å². The molecule has 2 atom stereocenters. The highest BCUT2D eigenvalue weighted by Gasteiger charge is 2.41. The van der Waals surface area contributed by atoms with Crippen molar-refractivity contribution in [1.29, 1.82) is 0 Å². The Morgan fingerprint density at radius 3 is 2.88 bits per heavy atom. The molecule has 2 rings (SSSR count). The lowest BCUT2D eigenvalue weighted by atomic mass is 9.73. The predicted molar refractivity (Wildman–Crippen MR) is 74.7 cm³/mol. The highest BCUT2D eigenvalue weighted by atomic mass is 35.5. The third kappa shape index (κ3) is 2.51. The van der Waals surface area contributed by atoms with Crippen LogP contribution >= 0.6 is 11.6 Å². The molecule has 1 aliphatic rings. The first kappa shape index (κ1) is 12.9. The normalized spacial score (nSPS) is 28.5. The number of benzene rings is 1. The van der Waals surface area contributed by atoms with Gasteiger partial charge in [-0.15, -0.1) is 0 Å². The van der Waals surface area contributed by atoms with Gasteiger partial charge in [0.2, 0.25) is 0 Å².